The van der Waals surface area contributed by atoms with E-state index in [-0.39, 0.29) is 5.78 Å². The molecule has 0 unspecified atom stereocenters. The lowest BCUT2D eigenvalue weighted by Crippen LogP contribution is -2.36. The van der Waals surface area contributed by atoms with Crippen molar-refractivity contribution in [3.8, 4) is 17.6 Å². The monoisotopic (exact) mass is 454 g/mol. The number of benzene rings is 3. The molecule has 0 bridgehead atoms. The highest BCUT2D eigenvalue weighted by molar-refractivity contribution is 6.07. The number of carbonyl (C=O) groups excluding carboxylic acids is 1. The molecule has 0 atom stereocenters. The second-order valence-electron chi connectivity index (χ2n) is 7.84. The maximum Gasteiger partial charge on any atom is 0.185 e. The third kappa shape index (κ3) is 5.83. The number of carbonyl (C=O) groups is 1. The molecule has 34 heavy (non-hydrogen) atoms. The summed E-state index contributed by atoms with van der Waals surface area (Å²) in [7, 11) is 1.61. The maximum absolute atomic E-state index is 12.7. The number of methoxy groups -OCH3 is 1. The first kappa shape index (κ1) is 23.1. The molecular weight excluding hydrogens is 428 g/mol. The van der Waals surface area contributed by atoms with Crippen LogP contribution in [0.15, 0.2) is 72.8 Å². The summed E-state index contributed by atoms with van der Waals surface area (Å²) in [4.78, 5) is 14.9. The van der Waals surface area contributed by atoms with Crippen LogP contribution in [0.3, 0.4) is 0 Å². The molecule has 0 N–H and O–H groups in total. The number of morpholine rings is 1. The minimum absolute atomic E-state index is 0.0558. The van der Waals surface area contributed by atoms with E-state index in [4.69, 9.17) is 19.5 Å². The number of ether oxygens (including phenoxy) is 3. The molecule has 1 heterocycles. The van der Waals surface area contributed by atoms with Crippen molar-refractivity contribution in [2.24, 2.45) is 0 Å². The van der Waals surface area contributed by atoms with Crippen molar-refractivity contribution in [1.82, 2.24) is 0 Å². The van der Waals surface area contributed by atoms with Gasteiger partial charge in [0.05, 0.1) is 32.0 Å². The van der Waals surface area contributed by atoms with E-state index < -0.39 is 0 Å². The standard InChI is InChI=1S/C28H26N2O4/c1-32-28-13-5-21(18-24(28)20-34-26-10-2-22(19-29)3-11-26)4-12-27(31)23-6-8-25(9-7-23)30-14-16-33-17-15-30/h2-13,18H,14-17,20H2,1H3/b12-4+. The molecule has 0 aliphatic carbocycles. The smallest absolute Gasteiger partial charge is 0.185 e. The predicted molar refractivity (Wildman–Crippen MR) is 131 cm³/mol. The van der Waals surface area contributed by atoms with Crippen molar-refractivity contribution in [1.29, 1.82) is 5.26 Å². The Morgan fingerprint density at radius 2 is 1.79 bits per heavy atom. The highest BCUT2D eigenvalue weighted by atomic mass is 16.5. The van der Waals surface area contributed by atoms with E-state index in [1.807, 2.05) is 42.5 Å². The summed E-state index contributed by atoms with van der Waals surface area (Å²) in [6, 6.07) is 22.4. The Labute approximate surface area is 199 Å². The number of hydrogen-bond donors (Lipinski definition) is 0. The lowest BCUT2D eigenvalue weighted by molar-refractivity contribution is 0.104. The number of hydrogen-bond acceptors (Lipinski definition) is 6. The average Bonchev–Trinajstić information content (AvgIpc) is 2.91. The van der Waals surface area contributed by atoms with Gasteiger partial charge in [-0.1, -0.05) is 12.1 Å². The molecule has 6 nitrogen and oxygen atoms in total. The minimum atomic E-state index is -0.0558. The molecule has 4 rings (SSSR count). The van der Waals surface area contributed by atoms with Gasteiger partial charge in [0.15, 0.2) is 5.78 Å². The Bertz CT molecular complexity index is 1190. The van der Waals surface area contributed by atoms with Crippen LogP contribution in [0.5, 0.6) is 11.5 Å². The number of allylic oxidation sites excluding steroid dienone is 1. The zero-order valence-electron chi connectivity index (χ0n) is 19.1. The molecule has 3 aromatic carbocycles. The van der Waals surface area contributed by atoms with E-state index >= 15 is 0 Å². The van der Waals surface area contributed by atoms with Gasteiger partial charge in [0.1, 0.15) is 18.1 Å². The third-order valence-corrected chi connectivity index (χ3v) is 5.64. The summed E-state index contributed by atoms with van der Waals surface area (Å²) in [5.41, 5.74) is 4.06. The van der Waals surface area contributed by atoms with Gasteiger partial charge in [-0.2, -0.15) is 5.26 Å². The van der Waals surface area contributed by atoms with Crippen LogP contribution in [0.1, 0.15) is 27.0 Å². The van der Waals surface area contributed by atoms with E-state index in [1.165, 1.54) is 0 Å². The Morgan fingerprint density at radius 3 is 2.47 bits per heavy atom. The lowest BCUT2D eigenvalue weighted by Gasteiger charge is -2.28. The zero-order valence-corrected chi connectivity index (χ0v) is 19.1. The van der Waals surface area contributed by atoms with E-state index in [0.717, 1.165) is 43.1 Å². The average molecular weight is 455 g/mol. The van der Waals surface area contributed by atoms with Crippen LogP contribution in [-0.2, 0) is 11.3 Å². The summed E-state index contributed by atoms with van der Waals surface area (Å²) in [6.07, 6.45) is 3.37. The summed E-state index contributed by atoms with van der Waals surface area (Å²) in [6.45, 7) is 3.48. The fraction of sp³-hybridized carbons (Fsp3) is 0.214. The quantitative estimate of drug-likeness (QED) is 0.357. The predicted octanol–water partition coefficient (Wildman–Crippen LogP) is 4.88. The van der Waals surface area contributed by atoms with Gasteiger partial charge in [-0.15, -0.1) is 0 Å². The Kier molecular flexibility index (Phi) is 7.59. The first-order valence-electron chi connectivity index (χ1n) is 11.1. The molecular formula is C28H26N2O4. The van der Waals surface area contributed by atoms with Crippen molar-refractivity contribution < 1.29 is 19.0 Å². The van der Waals surface area contributed by atoms with E-state index in [0.29, 0.717) is 29.2 Å². The topological polar surface area (TPSA) is 71.8 Å². The Balaban J connectivity index is 1.41. The Hall–Kier alpha value is -4.08. The number of nitriles is 1. The maximum atomic E-state index is 12.7. The van der Waals surface area contributed by atoms with Gasteiger partial charge >= 0.3 is 0 Å². The summed E-state index contributed by atoms with van der Waals surface area (Å²) >= 11 is 0. The van der Waals surface area contributed by atoms with Crippen LogP contribution >= 0.6 is 0 Å². The van der Waals surface area contributed by atoms with Crippen LogP contribution in [0.4, 0.5) is 5.69 Å². The van der Waals surface area contributed by atoms with Crippen LogP contribution in [0.25, 0.3) is 6.08 Å². The summed E-state index contributed by atoms with van der Waals surface area (Å²) in [5, 5.41) is 8.92. The zero-order chi connectivity index (χ0) is 23.8. The molecule has 0 spiro atoms. The minimum Gasteiger partial charge on any atom is -0.496 e. The highest BCUT2D eigenvalue weighted by Gasteiger charge is 2.12. The number of ketones is 1. The van der Waals surface area contributed by atoms with Gasteiger partial charge < -0.3 is 19.1 Å². The normalized spacial score (nSPS) is 13.5. The van der Waals surface area contributed by atoms with Gasteiger partial charge in [0.25, 0.3) is 0 Å². The van der Waals surface area contributed by atoms with Crippen molar-refractivity contribution in [3.05, 3.63) is 95.1 Å². The molecule has 1 fully saturated rings. The highest BCUT2D eigenvalue weighted by Crippen LogP contribution is 2.23. The molecule has 0 aromatic heterocycles. The first-order valence-corrected chi connectivity index (χ1v) is 11.1. The van der Waals surface area contributed by atoms with Crippen molar-refractivity contribution in [3.63, 3.8) is 0 Å². The second-order valence-corrected chi connectivity index (χ2v) is 7.84. The molecule has 6 heteroatoms. The molecule has 0 amide bonds. The molecule has 0 saturated carbocycles. The van der Waals surface area contributed by atoms with Crippen molar-refractivity contribution >= 4 is 17.5 Å². The molecule has 1 aliphatic rings. The summed E-state index contributed by atoms with van der Waals surface area (Å²) in [5.74, 6) is 1.31. The lowest BCUT2D eigenvalue weighted by atomic mass is 10.1. The fourth-order valence-electron chi connectivity index (χ4n) is 3.73. The largest absolute Gasteiger partial charge is 0.496 e. The van der Waals surface area contributed by atoms with Gasteiger partial charge in [0.2, 0.25) is 0 Å². The van der Waals surface area contributed by atoms with Crippen LogP contribution in [0, 0.1) is 11.3 Å². The van der Waals surface area contributed by atoms with Crippen molar-refractivity contribution in [2.75, 3.05) is 38.3 Å². The van der Waals surface area contributed by atoms with Crippen molar-refractivity contribution in [2.45, 2.75) is 6.61 Å². The number of nitrogens with zero attached hydrogens (tertiary/aromatic N) is 2. The summed E-state index contributed by atoms with van der Waals surface area (Å²) < 4.78 is 16.7. The van der Waals surface area contributed by atoms with Crippen LogP contribution < -0.4 is 14.4 Å². The SMILES string of the molecule is COc1ccc(/C=C/C(=O)c2ccc(N3CCOCC3)cc2)cc1COc1ccc(C#N)cc1. The molecule has 1 saturated heterocycles. The number of anilines is 1. The van der Waals surface area contributed by atoms with Gasteiger partial charge in [-0.05, 0) is 72.3 Å². The van der Waals surface area contributed by atoms with E-state index in [2.05, 4.69) is 11.0 Å². The first-order chi connectivity index (χ1) is 16.7. The molecule has 1 aliphatic heterocycles. The van der Waals surface area contributed by atoms with Crippen LogP contribution in [-0.4, -0.2) is 39.2 Å². The van der Waals surface area contributed by atoms with E-state index in [1.54, 1.807) is 43.5 Å². The fourth-order valence-corrected chi connectivity index (χ4v) is 3.73. The Morgan fingerprint density at radius 1 is 1.06 bits per heavy atom. The molecule has 3 aromatic rings. The van der Waals surface area contributed by atoms with E-state index in [9.17, 15) is 4.79 Å². The third-order valence-electron chi connectivity index (χ3n) is 5.64. The van der Waals surface area contributed by atoms with Gasteiger partial charge in [-0.3, -0.25) is 4.79 Å². The van der Waals surface area contributed by atoms with Gasteiger partial charge in [0, 0.05) is 29.9 Å². The second kappa shape index (κ2) is 11.2. The van der Waals surface area contributed by atoms with Gasteiger partial charge in [-0.25, -0.2) is 0 Å². The van der Waals surface area contributed by atoms with Crippen LogP contribution in [0.2, 0.25) is 0 Å². The molecule has 172 valence electrons. The number of rotatable bonds is 8. The molecule has 0 radical (unpaired) electrons.